The molecule has 0 amide bonds. The lowest BCUT2D eigenvalue weighted by Crippen LogP contribution is -2.49. The molecule has 1 fully saturated rings. The van der Waals surface area contributed by atoms with Crippen LogP contribution in [0.25, 0.3) is 0 Å². The van der Waals surface area contributed by atoms with E-state index < -0.39 is 24.7 Å². The Morgan fingerprint density at radius 2 is 1.75 bits per heavy atom. The molecule has 1 atom stereocenters. The van der Waals surface area contributed by atoms with E-state index in [0.29, 0.717) is 12.6 Å². The van der Waals surface area contributed by atoms with E-state index >= 15 is 0 Å². The maximum atomic E-state index is 12.5. The molecule has 0 aliphatic heterocycles. The van der Waals surface area contributed by atoms with Crippen molar-refractivity contribution in [3.8, 4) is 0 Å². The third kappa shape index (κ3) is 4.21. The molecule has 1 aliphatic carbocycles. The van der Waals surface area contributed by atoms with Gasteiger partial charge in [0.15, 0.2) is 0 Å². The Balaban J connectivity index is 2.21. The average Bonchev–Trinajstić information content (AvgIpc) is 2.93. The average molecular weight is 246 g/mol. The third-order valence-corrected chi connectivity index (χ3v) is 2.38. The predicted molar refractivity (Wildman–Crippen MR) is 49.5 cm³/mol. The molecule has 0 aromatic carbocycles. The molecule has 96 valence electrons. The van der Waals surface area contributed by atoms with Gasteiger partial charge < -0.3 is 10.6 Å². The third-order valence-electron chi connectivity index (χ3n) is 2.38. The van der Waals surface area contributed by atoms with Gasteiger partial charge in [-0.2, -0.15) is 22.0 Å². The summed E-state index contributed by atoms with van der Waals surface area (Å²) in [5.41, 5.74) is 0. The summed E-state index contributed by atoms with van der Waals surface area (Å²) in [7, 11) is 0. The lowest BCUT2D eigenvalue weighted by molar-refractivity contribution is -0.279. The van der Waals surface area contributed by atoms with Crippen LogP contribution in [0.15, 0.2) is 0 Å². The second-order valence-corrected chi connectivity index (χ2v) is 4.17. The summed E-state index contributed by atoms with van der Waals surface area (Å²) in [5.74, 6) is -4.67. The number of alkyl halides is 5. The van der Waals surface area contributed by atoms with Crippen molar-refractivity contribution in [3.63, 3.8) is 0 Å². The highest BCUT2D eigenvalue weighted by Crippen LogP contribution is 2.34. The first-order chi connectivity index (χ1) is 7.22. The molecule has 0 saturated heterocycles. The zero-order chi connectivity index (χ0) is 12.4. The molecule has 0 aromatic rings. The van der Waals surface area contributed by atoms with Crippen molar-refractivity contribution in [1.29, 1.82) is 0 Å². The van der Waals surface area contributed by atoms with Crippen LogP contribution >= 0.6 is 0 Å². The van der Waals surface area contributed by atoms with Gasteiger partial charge in [-0.15, -0.1) is 0 Å². The second-order valence-electron chi connectivity index (χ2n) is 4.17. The van der Waals surface area contributed by atoms with Crippen LogP contribution in [0.2, 0.25) is 0 Å². The number of rotatable bonds is 6. The van der Waals surface area contributed by atoms with E-state index in [1.807, 2.05) is 0 Å². The molecule has 0 heterocycles. The highest BCUT2D eigenvalue weighted by atomic mass is 19.4. The van der Waals surface area contributed by atoms with E-state index in [4.69, 9.17) is 0 Å². The van der Waals surface area contributed by atoms with Gasteiger partial charge in [-0.25, -0.2) is 0 Å². The van der Waals surface area contributed by atoms with Gasteiger partial charge in [0, 0.05) is 18.6 Å². The van der Waals surface area contributed by atoms with Crippen LogP contribution in [0.4, 0.5) is 22.0 Å². The van der Waals surface area contributed by atoms with E-state index in [-0.39, 0.29) is 0 Å². The molecule has 0 radical (unpaired) electrons. The van der Waals surface area contributed by atoms with Crippen LogP contribution in [-0.4, -0.2) is 37.3 Å². The smallest absolute Gasteiger partial charge is 0.312 e. The minimum absolute atomic E-state index is 0.401. The molecule has 1 rings (SSSR count). The lowest BCUT2D eigenvalue weighted by atomic mass is 10.2. The van der Waals surface area contributed by atoms with Gasteiger partial charge in [-0.3, -0.25) is 0 Å². The highest BCUT2D eigenvalue weighted by Gasteiger charge is 2.57. The normalized spacial score (nSPS) is 19.9. The van der Waals surface area contributed by atoms with Crippen molar-refractivity contribution in [2.75, 3.05) is 13.1 Å². The van der Waals surface area contributed by atoms with Gasteiger partial charge in [0.25, 0.3) is 0 Å². The first kappa shape index (κ1) is 13.6. The van der Waals surface area contributed by atoms with Crippen LogP contribution in [-0.2, 0) is 0 Å². The first-order valence-corrected chi connectivity index (χ1v) is 5.14. The standard InChI is InChI=1S/C9H15F5N2/c1-6(4-15-7-2-3-7)16-5-8(10,11)9(12,13)14/h6-7,15-16H,2-5H2,1H3. The lowest BCUT2D eigenvalue weighted by Gasteiger charge is -2.22. The molecular formula is C9H15F5N2. The summed E-state index contributed by atoms with van der Waals surface area (Å²) >= 11 is 0. The summed E-state index contributed by atoms with van der Waals surface area (Å²) in [6, 6.07) is 0.00111. The maximum absolute atomic E-state index is 12.5. The molecule has 1 unspecified atom stereocenters. The molecule has 0 bridgehead atoms. The Morgan fingerprint density at radius 1 is 1.19 bits per heavy atom. The summed E-state index contributed by atoms with van der Waals surface area (Å²) < 4.78 is 60.4. The fourth-order valence-electron chi connectivity index (χ4n) is 1.11. The van der Waals surface area contributed by atoms with E-state index in [9.17, 15) is 22.0 Å². The van der Waals surface area contributed by atoms with Crippen LogP contribution < -0.4 is 10.6 Å². The molecule has 1 saturated carbocycles. The SMILES string of the molecule is CC(CNC1CC1)NCC(F)(F)C(F)(F)F. The summed E-state index contributed by atoms with van der Waals surface area (Å²) in [6.07, 6.45) is -3.39. The number of nitrogens with one attached hydrogen (secondary N) is 2. The Hall–Kier alpha value is -0.430. The van der Waals surface area contributed by atoms with Crippen molar-refractivity contribution in [3.05, 3.63) is 0 Å². The summed E-state index contributed by atoms with van der Waals surface area (Å²) in [6.45, 7) is 0.602. The molecule has 16 heavy (non-hydrogen) atoms. The van der Waals surface area contributed by atoms with Crippen molar-refractivity contribution in [2.45, 2.75) is 43.9 Å². The van der Waals surface area contributed by atoms with Gasteiger partial charge in [0.05, 0.1) is 6.54 Å². The Labute approximate surface area is 90.6 Å². The minimum atomic E-state index is -5.48. The fraction of sp³-hybridized carbons (Fsp3) is 1.00. The second kappa shape index (κ2) is 4.83. The Bertz CT molecular complexity index is 224. The van der Waals surface area contributed by atoms with Gasteiger partial charge in [0.2, 0.25) is 0 Å². The molecule has 2 nitrogen and oxygen atoms in total. The van der Waals surface area contributed by atoms with E-state index in [2.05, 4.69) is 10.6 Å². The highest BCUT2D eigenvalue weighted by molar-refractivity contribution is 4.84. The number of hydrogen-bond donors (Lipinski definition) is 2. The Morgan fingerprint density at radius 3 is 2.19 bits per heavy atom. The molecule has 1 aliphatic rings. The topological polar surface area (TPSA) is 24.1 Å². The first-order valence-electron chi connectivity index (χ1n) is 5.14. The minimum Gasteiger partial charge on any atom is -0.312 e. The fourth-order valence-corrected chi connectivity index (χ4v) is 1.11. The molecular weight excluding hydrogens is 231 g/mol. The van der Waals surface area contributed by atoms with Crippen LogP contribution in [0.5, 0.6) is 0 Å². The maximum Gasteiger partial charge on any atom is 0.454 e. The van der Waals surface area contributed by atoms with Gasteiger partial charge in [-0.1, -0.05) is 0 Å². The van der Waals surface area contributed by atoms with E-state index in [1.165, 1.54) is 0 Å². The zero-order valence-corrected chi connectivity index (χ0v) is 8.87. The van der Waals surface area contributed by atoms with Gasteiger partial charge in [-0.05, 0) is 19.8 Å². The number of hydrogen-bond acceptors (Lipinski definition) is 2. The summed E-state index contributed by atoms with van der Waals surface area (Å²) in [4.78, 5) is 0. The number of halogens is 5. The molecule has 2 N–H and O–H groups in total. The van der Waals surface area contributed by atoms with Gasteiger partial charge >= 0.3 is 12.1 Å². The van der Waals surface area contributed by atoms with Crippen molar-refractivity contribution >= 4 is 0 Å². The molecule has 0 spiro atoms. The van der Waals surface area contributed by atoms with Crippen molar-refractivity contribution in [1.82, 2.24) is 10.6 Å². The van der Waals surface area contributed by atoms with E-state index in [1.54, 1.807) is 6.92 Å². The van der Waals surface area contributed by atoms with Crippen LogP contribution in [0.3, 0.4) is 0 Å². The Kier molecular flexibility index (Phi) is 4.12. The largest absolute Gasteiger partial charge is 0.454 e. The quantitative estimate of drug-likeness (QED) is 0.700. The predicted octanol–water partition coefficient (Wildman–Crippen LogP) is 1.91. The summed E-state index contributed by atoms with van der Waals surface area (Å²) in [5, 5.41) is 5.22. The van der Waals surface area contributed by atoms with Gasteiger partial charge in [0.1, 0.15) is 0 Å². The van der Waals surface area contributed by atoms with Crippen LogP contribution in [0, 0.1) is 0 Å². The molecule has 0 aromatic heterocycles. The monoisotopic (exact) mass is 246 g/mol. The van der Waals surface area contributed by atoms with Crippen molar-refractivity contribution in [2.24, 2.45) is 0 Å². The van der Waals surface area contributed by atoms with E-state index in [0.717, 1.165) is 12.8 Å². The van der Waals surface area contributed by atoms with Crippen molar-refractivity contribution < 1.29 is 22.0 Å². The van der Waals surface area contributed by atoms with Crippen LogP contribution in [0.1, 0.15) is 19.8 Å². The zero-order valence-electron chi connectivity index (χ0n) is 8.87. The molecule has 7 heteroatoms.